The van der Waals surface area contributed by atoms with Gasteiger partial charge in [0.15, 0.2) is 0 Å². The Morgan fingerprint density at radius 1 is 0.867 bits per heavy atom. The average Bonchev–Trinajstić information content (AvgIpc) is 2.16. The lowest BCUT2D eigenvalue weighted by atomic mass is 9.98. The topological polar surface area (TPSA) is 94.8 Å². The minimum Gasteiger partial charge on any atom is -0.478 e. The standard InChI is InChI=1S/C10H14O5/c1-5(6(2)9(12)13)8(4-11)7(3)10(14)15/h11H,4H2,1-3H3,(H,12,13)(H,14,15). The van der Waals surface area contributed by atoms with Crippen molar-refractivity contribution in [1.29, 1.82) is 0 Å². The van der Waals surface area contributed by atoms with Gasteiger partial charge in [0.2, 0.25) is 0 Å². The number of aliphatic carboxylic acids is 2. The van der Waals surface area contributed by atoms with E-state index in [0.29, 0.717) is 0 Å². The van der Waals surface area contributed by atoms with E-state index in [4.69, 9.17) is 15.3 Å². The summed E-state index contributed by atoms with van der Waals surface area (Å²) in [5.74, 6) is -2.30. The third-order valence-electron chi connectivity index (χ3n) is 2.27. The van der Waals surface area contributed by atoms with Gasteiger partial charge in [0.05, 0.1) is 6.61 Å². The third-order valence-corrected chi connectivity index (χ3v) is 2.27. The van der Waals surface area contributed by atoms with Crippen LogP contribution in [0, 0.1) is 0 Å². The van der Waals surface area contributed by atoms with Crippen LogP contribution in [-0.4, -0.2) is 33.9 Å². The minimum absolute atomic E-state index is 0.0275. The van der Waals surface area contributed by atoms with Crippen molar-refractivity contribution >= 4 is 11.9 Å². The van der Waals surface area contributed by atoms with E-state index in [0.717, 1.165) is 0 Å². The fourth-order valence-corrected chi connectivity index (χ4v) is 1.03. The van der Waals surface area contributed by atoms with Crippen molar-refractivity contribution in [3.63, 3.8) is 0 Å². The summed E-state index contributed by atoms with van der Waals surface area (Å²) in [6, 6.07) is 0. The highest BCUT2D eigenvalue weighted by Crippen LogP contribution is 2.18. The molecule has 0 atom stereocenters. The number of aliphatic hydroxyl groups excluding tert-OH is 1. The minimum atomic E-state index is -1.17. The van der Waals surface area contributed by atoms with Crippen molar-refractivity contribution in [1.82, 2.24) is 0 Å². The van der Waals surface area contributed by atoms with Crippen molar-refractivity contribution in [2.45, 2.75) is 20.8 Å². The monoisotopic (exact) mass is 214 g/mol. The van der Waals surface area contributed by atoms with Crippen LogP contribution in [0.5, 0.6) is 0 Å². The van der Waals surface area contributed by atoms with Gasteiger partial charge in [-0.2, -0.15) is 0 Å². The molecule has 0 rings (SSSR count). The zero-order valence-corrected chi connectivity index (χ0v) is 8.87. The SMILES string of the molecule is CC(C(=O)O)=C(C)C(CO)=C(C)C(=O)O. The van der Waals surface area contributed by atoms with Gasteiger partial charge in [-0.05, 0) is 31.9 Å². The van der Waals surface area contributed by atoms with Gasteiger partial charge in [-0.3, -0.25) is 0 Å². The van der Waals surface area contributed by atoms with Crippen molar-refractivity contribution in [2.24, 2.45) is 0 Å². The second-order valence-electron chi connectivity index (χ2n) is 3.12. The number of rotatable bonds is 4. The molecule has 0 radical (unpaired) electrons. The van der Waals surface area contributed by atoms with Crippen LogP contribution in [0.3, 0.4) is 0 Å². The summed E-state index contributed by atoms with van der Waals surface area (Å²) < 4.78 is 0. The second-order valence-corrected chi connectivity index (χ2v) is 3.12. The molecular weight excluding hydrogens is 200 g/mol. The molecule has 0 aromatic heterocycles. The largest absolute Gasteiger partial charge is 0.478 e. The smallest absolute Gasteiger partial charge is 0.331 e. The molecule has 5 heteroatoms. The molecule has 0 fully saturated rings. The zero-order valence-electron chi connectivity index (χ0n) is 8.87. The first-order valence-electron chi connectivity index (χ1n) is 4.28. The van der Waals surface area contributed by atoms with E-state index in [9.17, 15) is 9.59 Å². The molecule has 0 aromatic carbocycles. The van der Waals surface area contributed by atoms with E-state index in [1.54, 1.807) is 0 Å². The van der Waals surface area contributed by atoms with Gasteiger partial charge in [0.1, 0.15) is 0 Å². The Morgan fingerprint density at radius 3 is 1.53 bits per heavy atom. The summed E-state index contributed by atoms with van der Waals surface area (Å²) in [6.07, 6.45) is 0. The van der Waals surface area contributed by atoms with E-state index in [1.807, 2.05) is 0 Å². The van der Waals surface area contributed by atoms with E-state index in [-0.39, 0.29) is 22.3 Å². The maximum atomic E-state index is 10.7. The molecule has 15 heavy (non-hydrogen) atoms. The average molecular weight is 214 g/mol. The molecule has 0 spiro atoms. The maximum absolute atomic E-state index is 10.7. The molecule has 3 N–H and O–H groups in total. The summed E-state index contributed by atoms with van der Waals surface area (Å²) in [6.45, 7) is 3.67. The van der Waals surface area contributed by atoms with Gasteiger partial charge in [0.25, 0.3) is 0 Å². The first kappa shape index (κ1) is 13.4. The highest BCUT2D eigenvalue weighted by Gasteiger charge is 2.14. The van der Waals surface area contributed by atoms with Crippen LogP contribution in [0.25, 0.3) is 0 Å². The van der Waals surface area contributed by atoms with Gasteiger partial charge in [-0.1, -0.05) is 0 Å². The molecular formula is C10H14O5. The lowest BCUT2D eigenvalue weighted by Crippen LogP contribution is -2.09. The Balaban J connectivity index is 5.54. The van der Waals surface area contributed by atoms with Gasteiger partial charge >= 0.3 is 11.9 Å². The molecule has 0 aliphatic heterocycles. The molecule has 0 unspecified atom stereocenters. The van der Waals surface area contributed by atoms with Crippen molar-refractivity contribution in [2.75, 3.05) is 6.61 Å². The predicted molar refractivity (Wildman–Crippen MR) is 53.4 cm³/mol. The fraction of sp³-hybridized carbons (Fsp3) is 0.400. The second kappa shape index (κ2) is 5.31. The quantitative estimate of drug-likeness (QED) is 0.475. The molecule has 0 heterocycles. The van der Waals surface area contributed by atoms with Crippen LogP contribution in [0.15, 0.2) is 22.3 Å². The number of hydrogen-bond acceptors (Lipinski definition) is 3. The van der Waals surface area contributed by atoms with Gasteiger partial charge < -0.3 is 15.3 Å². The number of carbonyl (C=O) groups is 2. The Hall–Kier alpha value is -1.62. The van der Waals surface area contributed by atoms with Gasteiger partial charge in [-0.15, -0.1) is 0 Å². The van der Waals surface area contributed by atoms with Crippen LogP contribution in [0.4, 0.5) is 0 Å². The summed E-state index contributed by atoms with van der Waals surface area (Å²) in [7, 11) is 0. The van der Waals surface area contributed by atoms with Crippen molar-refractivity contribution in [3.8, 4) is 0 Å². The van der Waals surface area contributed by atoms with E-state index in [2.05, 4.69) is 0 Å². The van der Waals surface area contributed by atoms with Crippen LogP contribution >= 0.6 is 0 Å². The first-order valence-corrected chi connectivity index (χ1v) is 4.28. The van der Waals surface area contributed by atoms with Crippen LogP contribution < -0.4 is 0 Å². The molecule has 0 saturated carbocycles. The maximum Gasteiger partial charge on any atom is 0.331 e. The lowest BCUT2D eigenvalue weighted by Gasteiger charge is -2.09. The molecule has 0 saturated heterocycles. The molecule has 0 bridgehead atoms. The van der Waals surface area contributed by atoms with E-state index < -0.39 is 18.5 Å². The Kier molecular flexibility index (Phi) is 4.73. The zero-order chi connectivity index (χ0) is 12.2. The normalized spacial score (nSPS) is 14.1. The fourth-order valence-electron chi connectivity index (χ4n) is 1.03. The lowest BCUT2D eigenvalue weighted by molar-refractivity contribution is -0.133. The van der Waals surface area contributed by atoms with Gasteiger partial charge in [0, 0.05) is 11.1 Å². The van der Waals surface area contributed by atoms with E-state index >= 15 is 0 Å². The summed E-state index contributed by atoms with van der Waals surface area (Å²) in [5, 5.41) is 26.4. The molecule has 0 aliphatic carbocycles. The number of carboxylic acid groups (broad SMARTS) is 2. The highest BCUT2D eigenvalue weighted by atomic mass is 16.4. The Morgan fingerprint density at radius 2 is 1.27 bits per heavy atom. The molecule has 5 nitrogen and oxygen atoms in total. The number of aliphatic hydroxyl groups is 1. The molecule has 0 amide bonds. The van der Waals surface area contributed by atoms with Crippen molar-refractivity contribution in [3.05, 3.63) is 22.3 Å². The first-order chi connectivity index (χ1) is 6.82. The number of carboxylic acids is 2. The summed E-state index contributed by atoms with van der Waals surface area (Å²) >= 11 is 0. The van der Waals surface area contributed by atoms with E-state index in [1.165, 1.54) is 20.8 Å². The van der Waals surface area contributed by atoms with Gasteiger partial charge in [-0.25, -0.2) is 9.59 Å². The van der Waals surface area contributed by atoms with Crippen LogP contribution in [0.2, 0.25) is 0 Å². The third kappa shape index (κ3) is 3.21. The van der Waals surface area contributed by atoms with Crippen molar-refractivity contribution < 1.29 is 24.9 Å². The molecule has 84 valence electrons. The Bertz CT molecular complexity index is 349. The summed E-state index contributed by atoms with van der Waals surface area (Å²) in [5.41, 5.74) is 0.405. The summed E-state index contributed by atoms with van der Waals surface area (Å²) in [4.78, 5) is 21.3. The predicted octanol–water partition coefficient (Wildman–Crippen LogP) is 0.801. The van der Waals surface area contributed by atoms with Crippen LogP contribution in [0.1, 0.15) is 20.8 Å². The van der Waals surface area contributed by atoms with Crippen LogP contribution in [-0.2, 0) is 9.59 Å². The molecule has 0 aliphatic rings. The Labute approximate surface area is 87.4 Å². The highest BCUT2D eigenvalue weighted by molar-refractivity contribution is 5.91. The molecule has 0 aromatic rings. The number of hydrogen-bond donors (Lipinski definition) is 3.